The van der Waals surface area contributed by atoms with E-state index in [-0.39, 0.29) is 6.04 Å². The lowest BCUT2D eigenvalue weighted by molar-refractivity contribution is 0.117. The Hall–Kier alpha value is 1.34. The molecule has 0 aromatic carbocycles. The molecule has 0 spiro atoms. The molecule has 5 heteroatoms. The summed E-state index contributed by atoms with van der Waals surface area (Å²) in [5, 5.41) is 9.13. The van der Waals surface area contributed by atoms with Crippen molar-refractivity contribution < 1.29 is 5.11 Å². The molecule has 0 amide bonds. The van der Waals surface area contributed by atoms with Crippen molar-refractivity contribution in [3.05, 3.63) is 0 Å². The summed E-state index contributed by atoms with van der Waals surface area (Å²) >= 11 is 4.24. The van der Waals surface area contributed by atoms with Crippen molar-refractivity contribution in [1.82, 2.24) is 4.90 Å². The molecule has 0 aliphatic rings. The zero-order valence-corrected chi connectivity index (χ0v) is 11.4. The molecule has 11 heavy (non-hydrogen) atoms. The molecule has 0 rings (SSSR count). The summed E-state index contributed by atoms with van der Waals surface area (Å²) < 4.78 is 0. The fourth-order valence-electron chi connectivity index (χ4n) is 0.540. The molecule has 0 radical (unpaired) electrons. The number of aliphatic hydroxyl groups excluding tert-OH is 1. The van der Waals surface area contributed by atoms with Crippen molar-refractivity contribution in [2.45, 2.75) is 19.1 Å². The largest absolute Gasteiger partial charge is 0.390 e. The number of rotatable bonds is 3. The number of nitrogens with two attached hydrogens (primary N) is 1. The smallest absolute Gasteiger partial charge is 0.0814 e. The number of halogens is 2. The molecule has 0 saturated carbocycles. The monoisotopic (exact) mass is 386 g/mol. The first kappa shape index (κ1) is 14.8. The van der Waals surface area contributed by atoms with Gasteiger partial charge in [-0.15, -0.1) is 0 Å². The van der Waals surface area contributed by atoms with Crippen LogP contribution in [0.4, 0.5) is 0 Å². The van der Waals surface area contributed by atoms with Crippen LogP contribution in [0.3, 0.4) is 0 Å². The van der Waals surface area contributed by atoms with Gasteiger partial charge >= 0.3 is 0 Å². The molecule has 0 aromatic rings. The Bertz CT molecular complexity index is 81.0. The second kappa shape index (κ2) is 9.43. The van der Waals surface area contributed by atoms with Gasteiger partial charge in [-0.3, -0.25) is 0 Å². The average Bonchev–Trinajstić information content (AvgIpc) is 1.90. The lowest BCUT2D eigenvalue weighted by Gasteiger charge is -2.18. The highest BCUT2D eigenvalue weighted by Gasteiger charge is 2.08. The van der Waals surface area contributed by atoms with Gasteiger partial charge in [0.1, 0.15) is 0 Å². The third-order valence-corrected chi connectivity index (χ3v) is 1.16. The summed E-state index contributed by atoms with van der Waals surface area (Å²) in [4.78, 5) is 1.91. The molecule has 2 atom stereocenters. The van der Waals surface area contributed by atoms with Crippen molar-refractivity contribution in [2.24, 2.45) is 5.73 Å². The summed E-state index contributed by atoms with van der Waals surface area (Å²) in [5.74, 6) is 0. The van der Waals surface area contributed by atoms with Crippen LogP contribution in [-0.4, -0.2) is 42.8 Å². The van der Waals surface area contributed by atoms with Crippen LogP contribution in [0.15, 0.2) is 0 Å². The molecular formula is C6H16I2N2O. The number of likely N-dealkylation sites (N-methyl/N-ethyl adjacent to an activating group) is 1. The Morgan fingerprint density at radius 1 is 1.45 bits per heavy atom. The number of nitrogens with zero attached hydrogens (tertiary/aromatic N) is 1. The summed E-state index contributed by atoms with van der Waals surface area (Å²) in [7, 11) is 3.82. The minimum atomic E-state index is -0.403. The van der Waals surface area contributed by atoms with Crippen LogP contribution in [-0.2, 0) is 0 Å². The SMILES string of the molecule is C[C@H](N)[C@H](O)CN(C)C.II. The van der Waals surface area contributed by atoms with Gasteiger partial charge in [0.25, 0.3) is 0 Å². The van der Waals surface area contributed by atoms with Crippen molar-refractivity contribution in [3.63, 3.8) is 0 Å². The molecule has 0 fully saturated rings. The number of hydrogen-bond acceptors (Lipinski definition) is 3. The van der Waals surface area contributed by atoms with Crippen LogP contribution in [0.2, 0.25) is 0 Å². The predicted molar refractivity (Wildman–Crippen MR) is 66.3 cm³/mol. The third kappa shape index (κ3) is 11.3. The maximum Gasteiger partial charge on any atom is 0.0814 e. The maximum atomic E-state index is 9.13. The van der Waals surface area contributed by atoms with E-state index >= 15 is 0 Å². The van der Waals surface area contributed by atoms with E-state index in [4.69, 9.17) is 10.8 Å². The minimum Gasteiger partial charge on any atom is -0.390 e. The first-order valence-electron chi connectivity index (χ1n) is 3.26. The molecule has 3 nitrogen and oxygen atoms in total. The van der Waals surface area contributed by atoms with Gasteiger partial charge in [0.2, 0.25) is 0 Å². The van der Waals surface area contributed by atoms with E-state index < -0.39 is 6.10 Å². The van der Waals surface area contributed by atoms with Crippen LogP contribution in [0.1, 0.15) is 6.92 Å². The van der Waals surface area contributed by atoms with Gasteiger partial charge in [-0.1, -0.05) is 0 Å². The van der Waals surface area contributed by atoms with Gasteiger partial charge in [-0.05, 0) is 21.0 Å². The van der Waals surface area contributed by atoms with Crippen LogP contribution in [0.5, 0.6) is 0 Å². The second-order valence-corrected chi connectivity index (χ2v) is 2.69. The van der Waals surface area contributed by atoms with Gasteiger partial charge < -0.3 is 15.7 Å². The lowest BCUT2D eigenvalue weighted by Crippen LogP contribution is -2.39. The minimum absolute atomic E-state index is 0.132. The number of aliphatic hydroxyl groups is 1. The molecule has 0 aliphatic heterocycles. The summed E-state index contributed by atoms with van der Waals surface area (Å²) in [5.41, 5.74) is 5.41. The quantitative estimate of drug-likeness (QED) is 0.713. The molecule has 70 valence electrons. The predicted octanol–water partition coefficient (Wildman–Crippen LogP) is 1.03. The molecule has 0 saturated heterocycles. The Kier molecular flexibility index (Phi) is 12.7. The van der Waals surface area contributed by atoms with Crippen molar-refractivity contribution in [1.29, 1.82) is 0 Å². The second-order valence-electron chi connectivity index (χ2n) is 2.69. The van der Waals surface area contributed by atoms with E-state index in [1.807, 2.05) is 19.0 Å². The highest BCUT2D eigenvalue weighted by molar-refractivity contribution is 15.0. The van der Waals surface area contributed by atoms with Gasteiger partial charge in [-0.25, -0.2) is 0 Å². The van der Waals surface area contributed by atoms with E-state index in [1.54, 1.807) is 6.92 Å². The number of hydrogen-bond donors (Lipinski definition) is 2. The highest BCUT2D eigenvalue weighted by Crippen LogP contribution is 1.89. The lowest BCUT2D eigenvalue weighted by atomic mass is 10.2. The van der Waals surface area contributed by atoms with Gasteiger partial charge in [-0.2, -0.15) is 0 Å². The van der Waals surface area contributed by atoms with Gasteiger partial charge in [0.05, 0.1) is 6.10 Å². The topological polar surface area (TPSA) is 49.5 Å². The van der Waals surface area contributed by atoms with Crippen molar-refractivity contribution in [2.75, 3.05) is 20.6 Å². The van der Waals surface area contributed by atoms with E-state index in [2.05, 4.69) is 37.2 Å². The maximum absolute atomic E-state index is 9.13. The molecular weight excluding hydrogens is 370 g/mol. The van der Waals surface area contributed by atoms with Crippen molar-refractivity contribution >= 4 is 37.2 Å². The van der Waals surface area contributed by atoms with Crippen molar-refractivity contribution in [3.8, 4) is 0 Å². The summed E-state index contributed by atoms with van der Waals surface area (Å²) in [6, 6.07) is -0.132. The van der Waals surface area contributed by atoms with Gasteiger partial charge in [0, 0.05) is 49.8 Å². The zero-order valence-electron chi connectivity index (χ0n) is 7.09. The van der Waals surface area contributed by atoms with E-state index in [1.165, 1.54) is 0 Å². The third-order valence-electron chi connectivity index (χ3n) is 1.16. The summed E-state index contributed by atoms with van der Waals surface area (Å²) in [6.07, 6.45) is -0.403. The molecule has 0 unspecified atom stereocenters. The fraction of sp³-hybridized carbons (Fsp3) is 1.00. The molecule has 0 heterocycles. The standard InChI is InChI=1S/C6H16N2O.I2/c1-5(7)6(9)4-8(2)3;1-2/h5-6,9H,4,7H2,1-3H3;/t5-,6+;/m0./s1. The van der Waals surface area contributed by atoms with E-state index in [9.17, 15) is 0 Å². The first-order chi connectivity index (χ1) is 5.04. The van der Waals surface area contributed by atoms with Crippen LogP contribution in [0, 0.1) is 0 Å². The van der Waals surface area contributed by atoms with Crippen LogP contribution < -0.4 is 5.73 Å². The molecule has 0 aromatic heterocycles. The highest BCUT2D eigenvalue weighted by atomic mass is 128. The average molecular weight is 386 g/mol. The van der Waals surface area contributed by atoms with Gasteiger partial charge in [0.15, 0.2) is 0 Å². The Balaban J connectivity index is 0. The first-order valence-corrected chi connectivity index (χ1v) is 9.55. The Morgan fingerprint density at radius 2 is 1.82 bits per heavy atom. The normalized spacial score (nSPS) is 15.3. The molecule has 0 bridgehead atoms. The van der Waals surface area contributed by atoms with E-state index in [0.29, 0.717) is 6.54 Å². The van der Waals surface area contributed by atoms with Crippen LogP contribution in [0.25, 0.3) is 0 Å². The zero-order chi connectivity index (χ0) is 9.44. The van der Waals surface area contributed by atoms with Crippen LogP contribution >= 0.6 is 37.2 Å². The van der Waals surface area contributed by atoms with E-state index in [0.717, 1.165) is 0 Å². The summed E-state index contributed by atoms with van der Waals surface area (Å²) in [6.45, 7) is 2.44. The molecule has 0 aliphatic carbocycles. The Morgan fingerprint density at radius 3 is 1.91 bits per heavy atom. The Labute approximate surface area is 92.0 Å². The fourth-order valence-corrected chi connectivity index (χ4v) is 0.540. The molecule has 3 N–H and O–H groups in total.